The number of pyridine rings is 1. The Morgan fingerprint density at radius 2 is 1.20 bits per heavy atom. The van der Waals surface area contributed by atoms with Crippen LogP contribution in [0.3, 0.4) is 0 Å². The molecular formula is C42H44N4. The molecule has 0 unspecified atom stereocenters. The van der Waals surface area contributed by atoms with E-state index in [1.54, 1.807) is 0 Å². The van der Waals surface area contributed by atoms with Crippen molar-refractivity contribution in [3.8, 4) is 22.3 Å². The molecular weight excluding hydrogens is 560 g/mol. The lowest BCUT2D eigenvalue weighted by atomic mass is 9.90. The molecule has 0 spiro atoms. The van der Waals surface area contributed by atoms with Gasteiger partial charge in [-0.05, 0) is 103 Å². The maximum Gasteiger partial charge on any atom is 0.0525 e. The molecule has 4 heteroatoms. The monoisotopic (exact) mass is 604 g/mol. The van der Waals surface area contributed by atoms with Gasteiger partial charge in [-0.1, -0.05) is 62.8 Å². The molecule has 46 heavy (non-hydrogen) atoms. The molecule has 0 saturated heterocycles. The van der Waals surface area contributed by atoms with Crippen molar-refractivity contribution >= 4 is 38.9 Å². The van der Waals surface area contributed by atoms with Crippen LogP contribution in [0.5, 0.6) is 0 Å². The van der Waals surface area contributed by atoms with E-state index in [1.807, 2.05) is 6.20 Å². The van der Waals surface area contributed by atoms with Crippen LogP contribution < -0.4 is 0 Å². The molecule has 3 aromatic carbocycles. The summed E-state index contributed by atoms with van der Waals surface area (Å²) < 4.78 is 5.33. The summed E-state index contributed by atoms with van der Waals surface area (Å²) in [5, 5.41) is 3.97. The van der Waals surface area contributed by atoms with Crippen molar-refractivity contribution in [2.24, 2.45) is 4.99 Å². The van der Waals surface area contributed by atoms with Gasteiger partial charge in [0.1, 0.15) is 0 Å². The van der Waals surface area contributed by atoms with Crippen molar-refractivity contribution in [1.82, 2.24) is 14.1 Å². The number of aromatic nitrogens is 3. The smallest absolute Gasteiger partial charge is 0.0525 e. The van der Waals surface area contributed by atoms with Crippen LogP contribution in [0.4, 0.5) is 0 Å². The predicted molar refractivity (Wildman–Crippen MR) is 193 cm³/mol. The molecule has 0 radical (unpaired) electrons. The Kier molecular flexibility index (Phi) is 6.87. The van der Waals surface area contributed by atoms with Gasteiger partial charge in [0, 0.05) is 82.1 Å². The van der Waals surface area contributed by atoms with Gasteiger partial charge in [0.2, 0.25) is 0 Å². The maximum atomic E-state index is 4.73. The minimum Gasteiger partial charge on any atom is -0.341 e. The summed E-state index contributed by atoms with van der Waals surface area (Å²) in [5.74, 6) is 0. The predicted octanol–water partition coefficient (Wildman–Crippen LogP) is 11.1. The molecule has 9 rings (SSSR count). The third-order valence-electron chi connectivity index (χ3n) is 11.5. The van der Waals surface area contributed by atoms with Crippen LogP contribution >= 0.6 is 0 Å². The fraction of sp³-hybridized carbons (Fsp3) is 0.381. The first-order chi connectivity index (χ1) is 22.7. The Labute approximate surface area is 272 Å². The third-order valence-corrected chi connectivity index (χ3v) is 11.5. The summed E-state index contributed by atoms with van der Waals surface area (Å²) in [6.07, 6.45) is 20.5. The maximum absolute atomic E-state index is 4.73. The first kappa shape index (κ1) is 28.1. The highest BCUT2D eigenvalue weighted by atomic mass is 15.0. The summed E-state index contributed by atoms with van der Waals surface area (Å²) >= 11 is 0. The number of fused-ring (bicyclic) bond motifs is 6. The Morgan fingerprint density at radius 1 is 0.609 bits per heavy atom. The molecule has 2 saturated carbocycles. The van der Waals surface area contributed by atoms with Crippen LogP contribution in [0.15, 0.2) is 72.0 Å². The van der Waals surface area contributed by atoms with Gasteiger partial charge in [-0.15, -0.1) is 0 Å². The molecule has 232 valence electrons. The molecule has 3 aliphatic rings. The van der Waals surface area contributed by atoms with Crippen LogP contribution in [-0.4, -0.2) is 26.9 Å². The summed E-state index contributed by atoms with van der Waals surface area (Å²) in [4.78, 5) is 9.28. The zero-order valence-corrected chi connectivity index (χ0v) is 27.4. The number of rotatable bonds is 4. The first-order valence-electron chi connectivity index (χ1n) is 17.8. The molecule has 6 aromatic rings. The van der Waals surface area contributed by atoms with Gasteiger partial charge < -0.3 is 9.13 Å². The Balaban J connectivity index is 1.13. The lowest BCUT2D eigenvalue weighted by molar-refractivity contribution is 0.354. The molecule has 0 bridgehead atoms. The quantitative estimate of drug-likeness (QED) is 0.197. The summed E-state index contributed by atoms with van der Waals surface area (Å²) in [5.41, 5.74) is 14.8. The highest BCUT2D eigenvalue weighted by Crippen LogP contribution is 2.42. The van der Waals surface area contributed by atoms with Gasteiger partial charge in [0.25, 0.3) is 0 Å². The van der Waals surface area contributed by atoms with Crippen LogP contribution in [0.25, 0.3) is 55.0 Å². The summed E-state index contributed by atoms with van der Waals surface area (Å²) in [7, 11) is 0. The molecule has 2 fully saturated rings. The molecule has 0 atom stereocenters. The van der Waals surface area contributed by atoms with E-state index in [1.165, 1.54) is 142 Å². The second-order valence-corrected chi connectivity index (χ2v) is 14.3. The molecule has 3 aromatic heterocycles. The van der Waals surface area contributed by atoms with E-state index in [9.17, 15) is 0 Å². The number of aryl methyl sites for hydroxylation is 2. The minimum atomic E-state index is 0.582. The SMILES string of the molecule is Cc1cc(-c2ccc3c(c2)c2cnccc2n3C2CCCCC2)c(C)cc1-c1ccc2c(c1)c1c(n2C2CCCCC2)CCN=C1. The Morgan fingerprint density at radius 3 is 1.87 bits per heavy atom. The molecule has 4 nitrogen and oxygen atoms in total. The van der Waals surface area contributed by atoms with Gasteiger partial charge in [0.05, 0.1) is 5.52 Å². The molecule has 1 aliphatic heterocycles. The van der Waals surface area contributed by atoms with Gasteiger partial charge in [-0.25, -0.2) is 0 Å². The van der Waals surface area contributed by atoms with Crippen LogP contribution in [-0.2, 0) is 6.42 Å². The van der Waals surface area contributed by atoms with E-state index >= 15 is 0 Å². The van der Waals surface area contributed by atoms with Crippen molar-refractivity contribution in [2.75, 3.05) is 6.54 Å². The zero-order chi connectivity index (χ0) is 30.8. The van der Waals surface area contributed by atoms with E-state index < -0.39 is 0 Å². The van der Waals surface area contributed by atoms with Gasteiger partial charge in [-0.2, -0.15) is 0 Å². The number of hydrogen-bond donors (Lipinski definition) is 0. The lowest BCUT2D eigenvalue weighted by Crippen LogP contribution is -2.17. The number of aliphatic imine (C=N–C) groups is 1. The molecule has 0 amide bonds. The number of nitrogens with zero attached hydrogens (tertiary/aromatic N) is 4. The van der Waals surface area contributed by atoms with Crippen LogP contribution in [0, 0.1) is 13.8 Å². The first-order valence-corrected chi connectivity index (χ1v) is 17.8. The van der Waals surface area contributed by atoms with E-state index in [0.29, 0.717) is 12.1 Å². The van der Waals surface area contributed by atoms with Crippen molar-refractivity contribution in [3.05, 3.63) is 89.4 Å². The fourth-order valence-corrected chi connectivity index (χ4v) is 9.28. The summed E-state index contributed by atoms with van der Waals surface area (Å²) in [6.45, 7) is 5.47. The topological polar surface area (TPSA) is 35.1 Å². The van der Waals surface area contributed by atoms with E-state index in [2.05, 4.69) is 95.0 Å². The molecule has 2 aliphatic carbocycles. The van der Waals surface area contributed by atoms with Crippen molar-refractivity contribution in [3.63, 3.8) is 0 Å². The molecule has 0 N–H and O–H groups in total. The van der Waals surface area contributed by atoms with Crippen LogP contribution in [0.2, 0.25) is 0 Å². The fourth-order valence-electron chi connectivity index (χ4n) is 9.28. The average Bonchev–Trinajstić information content (AvgIpc) is 3.62. The van der Waals surface area contributed by atoms with E-state index in [0.717, 1.165) is 13.0 Å². The van der Waals surface area contributed by atoms with E-state index in [4.69, 9.17) is 4.99 Å². The summed E-state index contributed by atoms with van der Waals surface area (Å²) in [6, 6.07) is 22.6. The zero-order valence-electron chi connectivity index (χ0n) is 27.4. The Bertz CT molecular complexity index is 2150. The van der Waals surface area contributed by atoms with Gasteiger partial charge >= 0.3 is 0 Å². The lowest BCUT2D eigenvalue weighted by Gasteiger charge is -2.27. The number of hydrogen-bond acceptors (Lipinski definition) is 2. The second-order valence-electron chi connectivity index (χ2n) is 14.3. The normalized spacial score (nSPS) is 17.8. The Hall–Kier alpha value is -4.18. The third kappa shape index (κ3) is 4.47. The standard InChI is InChI=1S/C42H44N4/c1-27-21-34(30-14-16-40-36(24-30)38-26-44-20-18-42(38)46(40)32-11-7-4-8-12-32)28(2)22-33(27)29-13-15-39-35(23-29)37-25-43-19-17-41(37)45(39)31-9-5-3-6-10-31/h13-17,19,21-26,31-32H,3-12,18,20H2,1-2H3. The van der Waals surface area contributed by atoms with Crippen molar-refractivity contribution in [2.45, 2.75) is 96.6 Å². The largest absolute Gasteiger partial charge is 0.341 e. The van der Waals surface area contributed by atoms with Crippen LogP contribution in [0.1, 0.15) is 98.7 Å². The second kappa shape index (κ2) is 11.3. The van der Waals surface area contributed by atoms with Gasteiger partial charge in [-0.3, -0.25) is 9.98 Å². The van der Waals surface area contributed by atoms with Gasteiger partial charge in [0.15, 0.2) is 0 Å². The highest BCUT2D eigenvalue weighted by molar-refractivity contribution is 6.09. The van der Waals surface area contributed by atoms with E-state index in [-0.39, 0.29) is 0 Å². The molecule has 4 heterocycles. The number of benzene rings is 3. The van der Waals surface area contributed by atoms with Crippen molar-refractivity contribution < 1.29 is 0 Å². The van der Waals surface area contributed by atoms with Crippen molar-refractivity contribution in [1.29, 1.82) is 0 Å². The average molecular weight is 605 g/mol. The highest BCUT2D eigenvalue weighted by Gasteiger charge is 2.26. The minimum absolute atomic E-state index is 0.582.